The minimum atomic E-state index is -0.450. The molecule has 0 amide bonds. The highest BCUT2D eigenvalue weighted by Crippen LogP contribution is 2.13. The van der Waals surface area contributed by atoms with Gasteiger partial charge in [0.05, 0.1) is 6.61 Å². The number of carbonyl (C=O) groups excluding carboxylic acids is 1. The van der Waals surface area contributed by atoms with Gasteiger partial charge in [-0.05, 0) is 18.8 Å². The van der Waals surface area contributed by atoms with Gasteiger partial charge in [-0.2, -0.15) is 0 Å². The van der Waals surface area contributed by atoms with Gasteiger partial charge in [0, 0.05) is 0 Å². The van der Waals surface area contributed by atoms with Gasteiger partial charge in [0.15, 0.2) is 0 Å². The van der Waals surface area contributed by atoms with Crippen molar-refractivity contribution < 1.29 is 9.53 Å². The van der Waals surface area contributed by atoms with E-state index in [1.807, 2.05) is 6.92 Å². The molecule has 0 fully saturated rings. The van der Waals surface area contributed by atoms with Crippen LogP contribution >= 0.6 is 0 Å². The minimum absolute atomic E-state index is 0.257. The van der Waals surface area contributed by atoms with Gasteiger partial charge in [0.25, 0.3) is 0 Å². The average Bonchev–Trinajstić information content (AvgIpc) is 2.27. The second-order valence-electron chi connectivity index (χ2n) is 4.06. The third kappa shape index (κ3) is 6.50. The molecule has 0 spiro atoms. The molecule has 0 aromatic carbocycles. The Hall–Kier alpha value is -0.570. The van der Waals surface area contributed by atoms with Crippen LogP contribution in [0.1, 0.15) is 52.9 Å². The molecule has 0 aromatic heterocycles. The van der Waals surface area contributed by atoms with E-state index >= 15 is 0 Å². The van der Waals surface area contributed by atoms with Crippen molar-refractivity contribution in [2.75, 3.05) is 6.61 Å². The predicted molar refractivity (Wildman–Crippen MR) is 62.5 cm³/mol. The fourth-order valence-electron chi connectivity index (χ4n) is 1.37. The number of ether oxygens (including phenoxy) is 1. The molecular weight excluding hydrogens is 190 g/mol. The number of unbranched alkanes of at least 4 members (excludes halogenated alkanes) is 1. The van der Waals surface area contributed by atoms with Crippen LogP contribution in [-0.4, -0.2) is 18.6 Å². The standard InChI is InChI=1S/C12H25NO2/c1-4-7-8-10(5-2)9-15-12(14)11(13)6-3/h10-11H,4-9,13H2,1-3H3/t10?,11-/m1/s1. The van der Waals surface area contributed by atoms with Crippen molar-refractivity contribution in [2.45, 2.75) is 58.9 Å². The van der Waals surface area contributed by atoms with Gasteiger partial charge in [0.2, 0.25) is 0 Å². The predicted octanol–water partition coefficient (Wildman–Crippen LogP) is 2.48. The number of esters is 1. The molecule has 0 radical (unpaired) electrons. The summed E-state index contributed by atoms with van der Waals surface area (Å²) in [7, 11) is 0. The molecule has 3 heteroatoms. The zero-order chi connectivity index (χ0) is 11.7. The maximum Gasteiger partial charge on any atom is 0.322 e. The van der Waals surface area contributed by atoms with Crippen LogP contribution in [0.3, 0.4) is 0 Å². The second-order valence-corrected chi connectivity index (χ2v) is 4.06. The summed E-state index contributed by atoms with van der Waals surface area (Å²) in [4.78, 5) is 11.3. The highest BCUT2D eigenvalue weighted by atomic mass is 16.5. The Bertz CT molecular complexity index is 171. The minimum Gasteiger partial charge on any atom is -0.464 e. The Morgan fingerprint density at radius 1 is 1.27 bits per heavy atom. The largest absolute Gasteiger partial charge is 0.464 e. The van der Waals surface area contributed by atoms with Gasteiger partial charge < -0.3 is 10.5 Å². The lowest BCUT2D eigenvalue weighted by molar-refractivity contribution is -0.146. The molecule has 2 N–H and O–H groups in total. The maximum absolute atomic E-state index is 11.3. The summed E-state index contributed by atoms with van der Waals surface area (Å²) in [6.45, 7) is 6.73. The molecule has 0 heterocycles. The SMILES string of the molecule is CCCCC(CC)COC(=O)[C@H](N)CC. The number of rotatable bonds is 8. The Labute approximate surface area is 93.4 Å². The van der Waals surface area contributed by atoms with E-state index in [1.165, 1.54) is 12.8 Å². The van der Waals surface area contributed by atoms with Crippen molar-refractivity contribution in [1.29, 1.82) is 0 Å². The van der Waals surface area contributed by atoms with Gasteiger partial charge in [-0.15, -0.1) is 0 Å². The summed E-state index contributed by atoms with van der Waals surface area (Å²) in [5, 5.41) is 0. The third-order valence-corrected chi connectivity index (χ3v) is 2.75. The number of carbonyl (C=O) groups is 1. The van der Waals surface area contributed by atoms with Crippen molar-refractivity contribution in [2.24, 2.45) is 11.7 Å². The zero-order valence-electron chi connectivity index (χ0n) is 10.3. The van der Waals surface area contributed by atoms with Gasteiger partial charge in [-0.25, -0.2) is 0 Å². The summed E-state index contributed by atoms with van der Waals surface area (Å²) in [5.41, 5.74) is 5.57. The van der Waals surface area contributed by atoms with Gasteiger partial charge in [-0.1, -0.05) is 40.0 Å². The molecule has 0 saturated carbocycles. The molecule has 1 unspecified atom stereocenters. The Balaban J connectivity index is 3.74. The first-order chi connectivity index (χ1) is 7.15. The van der Waals surface area contributed by atoms with Crippen LogP contribution in [0, 0.1) is 5.92 Å². The van der Waals surface area contributed by atoms with Gasteiger partial charge >= 0.3 is 5.97 Å². The second kappa shape index (κ2) is 8.72. The Morgan fingerprint density at radius 2 is 1.93 bits per heavy atom. The first-order valence-electron chi connectivity index (χ1n) is 6.07. The van der Waals surface area contributed by atoms with E-state index < -0.39 is 6.04 Å². The Kier molecular flexibility index (Phi) is 8.38. The maximum atomic E-state index is 11.3. The number of hydrogen-bond donors (Lipinski definition) is 1. The van der Waals surface area contributed by atoms with Crippen molar-refractivity contribution in [3.63, 3.8) is 0 Å². The van der Waals surface area contributed by atoms with E-state index in [4.69, 9.17) is 10.5 Å². The molecule has 3 nitrogen and oxygen atoms in total. The molecule has 0 rings (SSSR count). The van der Waals surface area contributed by atoms with Gasteiger partial charge in [0.1, 0.15) is 6.04 Å². The van der Waals surface area contributed by atoms with E-state index in [0.717, 1.165) is 12.8 Å². The summed E-state index contributed by atoms with van der Waals surface area (Å²) < 4.78 is 5.18. The van der Waals surface area contributed by atoms with Crippen LogP contribution in [-0.2, 0) is 9.53 Å². The van der Waals surface area contributed by atoms with Crippen molar-refractivity contribution >= 4 is 5.97 Å². The van der Waals surface area contributed by atoms with Crippen LogP contribution in [0.25, 0.3) is 0 Å². The van der Waals surface area contributed by atoms with Crippen LogP contribution in [0.15, 0.2) is 0 Å². The van der Waals surface area contributed by atoms with Crippen LogP contribution in [0.4, 0.5) is 0 Å². The van der Waals surface area contributed by atoms with E-state index in [0.29, 0.717) is 18.9 Å². The average molecular weight is 215 g/mol. The molecular formula is C12H25NO2. The summed E-state index contributed by atoms with van der Waals surface area (Å²) in [6, 6.07) is -0.450. The first kappa shape index (κ1) is 14.4. The quantitative estimate of drug-likeness (QED) is 0.633. The summed E-state index contributed by atoms with van der Waals surface area (Å²) >= 11 is 0. The van der Waals surface area contributed by atoms with Crippen LogP contribution in [0.2, 0.25) is 0 Å². The zero-order valence-corrected chi connectivity index (χ0v) is 10.3. The summed E-state index contributed by atoms with van der Waals surface area (Å²) in [6.07, 6.45) is 5.25. The molecule has 90 valence electrons. The van der Waals surface area contributed by atoms with Gasteiger partial charge in [-0.3, -0.25) is 4.79 Å². The van der Waals surface area contributed by atoms with E-state index in [1.54, 1.807) is 0 Å². The Morgan fingerprint density at radius 3 is 2.40 bits per heavy atom. The highest BCUT2D eigenvalue weighted by Gasteiger charge is 2.14. The van der Waals surface area contributed by atoms with E-state index in [9.17, 15) is 4.79 Å². The third-order valence-electron chi connectivity index (χ3n) is 2.75. The normalized spacial score (nSPS) is 14.7. The lowest BCUT2D eigenvalue weighted by Gasteiger charge is -2.16. The van der Waals surface area contributed by atoms with Crippen molar-refractivity contribution in [1.82, 2.24) is 0 Å². The first-order valence-corrected chi connectivity index (χ1v) is 6.07. The molecule has 0 aromatic rings. The van der Waals surface area contributed by atoms with E-state index in [-0.39, 0.29) is 5.97 Å². The molecule has 0 aliphatic carbocycles. The molecule has 0 saturated heterocycles. The molecule has 0 bridgehead atoms. The van der Waals surface area contributed by atoms with E-state index in [2.05, 4.69) is 13.8 Å². The van der Waals surface area contributed by atoms with Crippen LogP contribution in [0.5, 0.6) is 0 Å². The summed E-state index contributed by atoms with van der Waals surface area (Å²) in [5.74, 6) is 0.241. The molecule has 15 heavy (non-hydrogen) atoms. The van der Waals surface area contributed by atoms with Crippen LogP contribution < -0.4 is 5.73 Å². The number of nitrogens with two attached hydrogens (primary N) is 1. The fraction of sp³-hybridized carbons (Fsp3) is 0.917. The monoisotopic (exact) mass is 215 g/mol. The lowest BCUT2D eigenvalue weighted by atomic mass is 10.0. The fourth-order valence-corrected chi connectivity index (χ4v) is 1.37. The smallest absolute Gasteiger partial charge is 0.322 e. The molecule has 0 aliphatic rings. The van der Waals surface area contributed by atoms with Crippen molar-refractivity contribution in [3.05, 3.63) is 0 Å². The highest BCUT2D eigenvalue weighted by molar-refractivity contribution is 5.75. The molecule has 2 atom stereocenters. The number of hydrogen-bond acceptors (Lipinski definition) is 3. The lowest BCUT2D eigenvalue weighted by Crippen LogP contribution is -2.32. The topological polar surface area (TPSA) is 52.3 Å². The molecule has 0 aliphatic heterocycles. The van der Waals surface area contributed by atoms with Crippen molar-refractivity contribution in [3.8, 4) is 0 Å².